The van der Waals surface area contributed by atoms with Gasteiger partial charge in [0.25, 0.3) is 5.91 Å². The van der Waals surface area contributed by atoms with Crippen LogP contribution in [0.1, 0.15) is 42.5 Å². The van der Waals surface area contributed by atoms with Crippen molar-refractivity contribution in [2.24, 2.45) is 0 Å². The third-order valence-electron chi connectivity index (χ3n) is 5.67. The number of carbonyl (C=O) groups excluding carboxylic acids is 1. The Morgan fingerprint density at radius 3 is 2.59 bits per heavy atom. The third-order valence-corrected chi connectivity index (χ3v) is 5.67. The SMILES string of the molecule is COc1cccc(-c2cc(C(=O)N3Cc4nn(C(C)(C)C)c(-n5cccc5)c4C3)[nH]n2)c1. The Labute approximate surface area is 186 Å². The number of hydrogen-bond donors (Lipinski definition) is 1. The minimum atomic E-state index is -0.173. The van der Waals surface area contributed by atoms with Crippen molar-refractivity contribution in [3.05, 3.63) is 71.8 Å². The lowest BCUT2D eigenvalue weighted by atomic mass is 10.1. The van der Waals surface area contributed by atoms with Crippen molar-refractivity contribution in [2.45, 2.75) is 39.4 Å². The standard InChI is InChI=1S/C24H26N6O2/c1-24(2,3)30-22(28-10-5-6-11-28)18-14-29(15-21(18)27-30)23(31)20-13-19(25-26-20)16-8-7-9-17(12-16)32-4/h5-13H,14-15H2,1-4H3,(H,25,26). The maximum atomic E-state index is 13.2. The molecular formula is C24H26N6O2. The Kier molecular flexibility index (Phi) is 4.65. The van der Waals surface area contributed by atoms with E-state index in [1.54, 1.807) is 18.1 Å². The number of benzene rings is 1. The molecule has 1 N–H and O–H groups in total. The van der Waals surface area contributed by atoms with Gasteiger partial charge in [-0.1, -0.05) is 12.1 Å². The molecule has 0 saturated carbocycles. The van der Waals surface area contributed by atoms with E-state index < -0.39 is 0 Å². The molecule has 1 amide bonds. The van der Waals surface area contributed by atoms with Gasteiger partial charge in [-0.3, -0.25) is 9.89 Å². The molecule has 1 aliphatic rings. The molecule has 3 aromatic heterocycles. The zero-order chi connectivity index (χ0) is 22.5. The second-order valence-electron chi connectivity index (χ2n) is 8.98. The molecule has 0 radical (unpaired) electrons. The molecule has 8 nitrogen and oxygen atoms in total. The molecule has 32 heavy (non-hydrogen) atoms. The maximum Gasteiger partial charge on any atom is 0.272 e. The monoisotopic (exact) mass is 430 g/mol. The van der Waals surface area contributed by atoms with Crippen LogP contribution in [-0.2, 0) is 18.6 Å². The maximum absolute atomic E-state index is 13.2. The predicted octanol–water partition coefficient (Wildman–Crippen LogP) is 3.98. The van der Waals surface area contributed by atoms with Gasteiger partial charge in [0.2, 0.25) is 0 Å². The summed E-state index contributed by atoms with van der Waals surface area (Å²) in [5.41, 5.74) is 3.89. The lowest BCUT2D eigenvalue weighted by Gasteiger charge is -2.24. The summed E-state index contributed by atoms with van der Waals surface area (Å²) in [6, 6.07) is 13.4. The molecule has 0 spiro atoms. The predicted molar refractivity (Wildman–Crippen MR) is 121 cm³/mol. The first-order valence-electron chi connectivity index (χ1n) is 10.6. The van der Waals surface area contributed by atoms with E-state index in [9.17, 15) is 4.79 Å². The lowest BCUT2D eigenvalue weighted by Crippen LogP contribution is -2.29. The molecule has 1 aromatic carbocycles. The Morgan fingerprint density at radius 1 is 1.09 bits per heavy atom. The minimum absolute atomic E-state index is 0.0922. The van der Waals surface area contributed by atoms with Crippen LogP contribution in [0.15, 0.2) is 54.9 Å². The second kappa shape index (κ2) is 7.40. The zero-order valence-corrected chi connectivity index (χ0v) is 18.7. The van der Waals surface area contributed by atoms with Crippen LogP contribution in [0, 0.1) is 0 Å². The first-order valence-corrected chi connectivity index (χ1v) is 10.6. The summed E-state index contributed by atoms with van der Waals surface area (Å²) in [7, 11) is 1.63. The van der Waals surface area contributed by atoms with Crippen molar-refractivity contribution in [2.75, 3.05) is 7.11 Å². The van der Waals surface area contributed by atoms with Crippen molar-refractivity contribution >= 4 is 5.91 Å². The van der Waals surface area contributed by atoms with Crippen LogP contribution in [0.5, 0.6) is 5.75 Å². The van der Waals surface area contributed by atoms with Gasteiger partial charge in [-0.25, -0.2) is 4.68 Å². The number of H-pyrrole nitrogens is 1. The molecule has 0 atom stereocenters. The average Bonchev–Trinajstić information content (AvgIpc) is 3.55. The number of carbonyl (C=O) groups is 1. The number of nitrogens with zero attached hydrogens (tertiary/aromatic N) is 5. The van der Waals surface area contributed by atoms with E-state index in [0.29, 0.717) is 24.5 Å². The summed E-state index contributed by atoms with van der Waals surface area (Å²) < 4.78 is 9.41. The van der Waals surface area contributed by atoms with Gasteiger partial charge in [0.15, 0.2) is 0 Å². The minimum Gasteiger partial charge on any atom is -0.497 e. The summed E-state index contributed by atoms with van der Waals surface area (Å²) >= 11 is 0. The van der Waals surface area contributed by atoms with E-state index in [2.05, 4.69) is 40.2 Å². The van der Waals surface area contributed by atoms with Crippen LogP contribution in [-0.4, -0.2) is 42.5 Å². The normalized spacial score (nSPS) is 13.4. The Balaban J connectivity index is 1.42. The van der Waals surface area contributed by atoms with E-state index in [-0.39, 0.29) is 11.4 Å². The number of aromatic amines is 1. The molecule has 0 saturated heterocycles. The van der Waals surface area contributed by atoms with Crippen molar-refractivity contribution < 1.29 is 9.53 Å². The van der Waals surface area contributed by atoms with E-state index >= 15 is 0 Å². The Bertz CT molecular complexity index is 1280. The summed E-state index contributed by atoms with van der Waals surface area (Å²) in [5.74, 6) is 1.66. The van der Waals surface area contributed by atoms with E-state index in [4.69, 9.17) is 9.84 Å². The number of hydrogen-bond acceptors (Lipinski definition) is 4. The molecular weight excluding hydrogens is 404 g/mol. The highest BCUT2D eigenvalue weighted by Gasteiger charge is 2.34. The fraction of sp³-hybridized carbons (Fsp3) is 0.292. The van der Waals surface area contributed by atoms with Crippen molar-refractivity contribution in [1.29, 1.82) is 0 Å². The fourth-order valence-corrected chi connectivity index (χ4v) is 4.09. The first-order chi connectivity index (χ1) is 15.3. The average molecular weight is 431 g/mol. The number of amides is 1. The molecule has 1 aliphatic heterocycles. The quantitative estimate of drug-likeness (QED) is 0.531. The topological polar surface area (TPSA) is 81.0 Å². The lowest BCUT2D eigenvalue weighted by molar-refractivity contribution is 0.0742. The van der Waals surface area contributed by atoms with Gasteiger partial charge in [0.1, 0.15) is 17.3 Å². The van der Waals surface area contributed by atoms with Crippen LogP contribution in [0.25, 0.3) is 17.1 Å². The number of methoxy groups -OCH3 is 1. The molecule has 4 aromatic rings. The smallest absolute Gasteiger partial charge is 0.272 e. The van der Waals surface area contributed by atoms with Gasteiger partial charge in [-0.05, 0) is 51.1 Å². The fourth-order valence-electron chi connectivity index (χ4n) is 4.09. The second-order valence-corrected chi connectivity index (χ2v) is 8.98. The largest absolute Gasteiger partial charge is 0.497 e. The number of ether oxygens (including phenoxy) is 1. The Morgan fingerprint density at radius 2 is 1.88 bits per heavy atom. The van der Waals surface area contributed by atoms with Gasteiger partial charge in [0.05, 0.1) is 37.1 Å². The van der Waals surface area contributed by atoms with Crippen molar-refractivity contribution in [1.82, 2.24) is 29.4 Å². The zero-order valence-electron chi connectivity index (χ0n) is 18.7. The van der Waals surface area contributed by atoms with Crippen LogP contribution in [0.2, 0.25) is 0 Å². The van der Waals surface area contributed by atoms with Crippen molar-refractivity contribution in [3.8, 4) is 22.8 Å². The summed E-state index contributed by atoms with van der Waals surface area (Å²) in [4.78, 5) is 15.1. The molecule has 0 aliphatic carbocycles. The van der Waals surface area contributed by atoms with Gasteiger partial charge in [-0.2, -0.15) is 10.2 Å². The van der Waals surface area contributed by atoms with Gasteiger partial charge in [-0.15, -0.1) is 0 Å². The molecule has 5 rings (SSSR count). The van der Waals surface area contributed by atoms with Gasteiger partial charge in [0, 0.05) is 23.5 Å². The van der Waals surface area contributed by atoms with E-state index in [1.807, 2.05) is 48.8 Å². The number of rotatable bonds is 4. The highest BCUT2D eigenvalue weighted by molar-refractivity contribution is 5.93. The molecule has 0 bridgehead atoms. The summed E-state index contributed by atoms with van der Waals surface area (Å²) in [6.45, 7) is 7.38. The Hall–Kier alpha value is -3.81. The molecule has 0 unspecified atom stereocenters. The third kappa shape index (κ3) is 3.37. The van der Waals surface area contributed by atoms with E-state index in [0.717, 1.165) is 28.4 Å². The highest BCUT2D eigenvalue weighted by atomic mass is 16.5. The molecule has 164 valence electrons. The molecule has 0 fully saturated rings. The van der Waals surface area contributed by atoms with Crippen LogP contribution in [0.4, 0.5) is 0 Å². The number of fused-ring (bicyclic) bond motifs is 1. The molecule has 8 heteroatoms. The van der Waals surface area contributed by atoms with E-state index in [1.165, 1.54) is 0 Å². The van der Waals surface area contributed by atoms with Crippen LogP contribution in [0.3, 0.4) is 0 Å². The highest BCUT2D eigenvalue weighted by Crippen LogP contribution is 2.33. The van der Waals surface area contributed by atoms with Crippen molar-refractivity contribution in [3.63, 3.8) is 0 Å². The van der Waals surface area contributed by atoms with Crippen LogP contribution >= 0.6 is 0 Å². The summed E-state index contributed by atoms with van der Waals surface area (Å²) in [6.07, 6.45) is 4.03. The van der Waals surface area contributed by atoms with Gasteiger partial charge >= 0.3 is 0 Å². The molecule has 4 heterocycles. The summed E-state index contributed by atoms with van der Waals surface area (Å²) in [5, 5.41) is 12.1. The number of aromatic nitrogens is 5. The van der Waals surface area contributed by atoms with Gasteiger partial charge < -0.3 is 14.2 Å². The first kappa shape index (κ1) is 20.1. The van der Waals surface area contributed by atoms with Crippen LogP contribution < -0.4 is 4.74 Å². The number of nitrogens with one attached hydrogen (secondary N) is 1.